The number of H-pyrrole nitrogens is 2. The maximum Gasteiger partial charge on any atom is 0.407 e. The monoisotopic (exact) mass is 768 g/mol. The Labute approximate surface area is 324 Å². The lowest BCUT2D eigenvalue weighted by Crippen LogP contribution is -2.51. The summed E-state index contributed by atoms with van der Waals surface area (Å²) in [4.78, 5) is 70.9. The molecule has 4 N–H and O–H groups in total. The van der Waals surface area contributed by atoms with E-state index in [1.807, 2.05) is 70.3 Å². The van der Waals surface area contributed by atoms with E-state index in [4.69, 9.17) is 23.9 Å². The molecular weight excluding hydrogens is 720 g/mol. The minimum absolute atomic E-state index is 0.128. The number of benzene rings is 2. The van der Waals surface area contributed by atoms with Crippen molar-refractivity contribution in [3.63, 3.8) is 0 Å². The highest BCUT2D eigenvalue weighted by molar-refractivity contribution is 5.87. The Bertz CT molecular complexity index is 1960. The summed E-state index contributed by atoms with van der Waals surface area (Å²) in [5.74, 6) is 2.92. The second-order valence-electron chi connectivity index (χ2n) is 15.0. The highest BCUT2D eigenvalue weighted by Crippen LogP contribution is 2.48. The highest BCUT2D eigenvalue weighted by atomic mass is 16.6. The van der Waals surface area contributed by atoms with Crippen molar-refractivity contribution in [1.82, 2.24) is 40.4 Å². The van der Waals surface area contributed by atoms with E-state index >= 15 is 0 Å². The molecular formula is C40H48N8O8. The average Bonchev–Trinajstić information content (AvgIpc) is 4.03. The first-order valence-electron chi connectivity index (χ1n) is 19.0. The smallest absolute Gasteiger partial charge is 0.407 e. The molecule has 0 aliphatic carbocycles. The van der Waals surface area contributed by atoms with Crippen molar-refractivity contribution in [3.05, 3.63) is 60.4 Å². The third-order valence-electron chi connectivity index (χ3n) is 10.6. The van der Waals surface area contributed by atoms with Gasteiger partial charge in [-0.15, -0.1) is 0 Å². The molecule has 3 aliphatic rings. The molecule has 2 fully saturated rings. The number of carbonyl (C=O) groups is 4. The van der Waals surface area contributed by atoms with Crippen LogP contribution in [0.3, 0.4) is 0 Å². The Kier molecular flexibility index (Phi) is 10.9. The predicted molar refractivity (Wildman–Crippen MR) is 204 cm³/mol. The summed E-state index contributed by atoms with van der Waals surface area (Å²) in [7, 11) is 2.56. The summed E-state index contributed by atoms with van der Waals surface area (Å²) in [6, 6.07) is 9.32. The van der Waals surface area contributed by atoms with Gasteiger partial charge < -0.3 is 49.3 Å². The van der Waals surface area contributed by atoms with Crippen LogP contribution in [0.1, 0.15) is 77.1 Å². The van der Waals surface area contributed by atoms with E-state index in [9.17, 15) is 19.2 Å². The predicted octanol–water partition coefficient (Wildman–Crippen LogP) is 6.45. The van der Waals surface area contributed by atoms with E-state index < -0.39 is 24.3 Å². The first kappa shape index (κ1) is 38.2. The molecule has 0 saturated carbocycles. The van der Waals surface area contributed by atoms with Gasteiger partial charge in [-0.1, -0.05) is 27.7 Å². The summed E-state index contributed by atoms with van der Waals surface area (Å²) < 4.78 is 22.1. The van der Waals surface area contributed by atoms with Gasteiger partial charge in [-0.25, -0.2) is 19.6 Å². The SMILES string of the molecule is COC(=O)NC(C(=O)N1CCC[C@H]1c1ncc(-c2ccc3c(c2)Oc2ccc(-c4c[nH]c([C@@H]5CCCN5C(=O)[C@@H](NC(=O)OC)C(C)C)n4)cc2O3)[nH]1)C(C)C. The van der Waals surface area contributed by atoms with E-state index in [0.29, 0.717) is 53.4 Å². The zero-order chi connectivity index (χ0) is 39.7. The van der Waals surface area contributed by atoms with Crippen molar-refractivity contribution in [2.75, 3.05) is 27.3 Å². The fourth-order valence-corrected chi connectivity index (χ4v) is 7.60. The third kappa shape index (κ3) is 7.59. The van der Waals surface area contributed by atoms with Gasteiger partial charge in [-0.05, 0) is 73.9 Å². The quantitative estimate of drug-likeness (QED) is 0.123. The number of amides is 4. The zero-order valence-electron chi connectivity index (χ0n) is 32.4. The molecule has 56 heavy (non-hydrogen) atoms. The van der Waals surface area contributed by atoms with Gasteiger partial charge in [0.15, 0.2) is 23.0 Å². The number of methoxy groups -OCH3 is 2. The normalized spacial score (nSPS) is 18.4. The number of nitrogens with zero attached hydrogens (tertiary/aromatic N) is 4. The van der Waals surface area contributed by atoms with Crippen molar-refractivity contribution < 1.29 is 38.1 Å². The molecule has 7 rings (SSSR count). The lowest BCUT2D eigenvalue weighted by molar-refractivity contribution is -0.136. The van der Waals surface area contributed by atoms with Crippen LogP contribution in [0.5, 0.6) is 23.0 Å². The molecule has 16 heteroatoms. The molecule has 4 aromatic rings. The van der Waals surface area contributed by atoms with Gasteiger partial charge in [0.2, 0.25) is 11.8 Å². The van der Waals surface area contributed by atoms with E-state index in [1.54, 1.807) is 16.0 Å². The number of aromatic nitrogens is 4. The van der Waals surface area contributed by atoms with Crippen LogP contribution in [0.25, 0.3) is 22.5 Å². The molecule has 16 nitrogen and oxygen atoms in total. The number of alkyl carbamates (subject to hydrolysis) is 2. The minimum atomic E-state index is -0.715. The molecule has 0 radical (unpaired) electrons. The second-order valence-corrected chi connectivity index (χ2v) is 15.0. The first-order valence-corrected chi connectivity index (χ1v) is 19.0. The number of likely N-dealkylation sites (tertiary alicyclic amines) is 2. The molecule has 0 spiro atoms. The number of fused-ring (bicyclic) bond motifs is 2. The molecule has 2 saturated heterocycles. The number of hydrogen-bond donors (Lipinski definition) is 4. The van der Waals surface area contributed by atoms with E-state index in [2.05, 4.69) is 25.6 Å². The summed E-state index contributed by atoms with van der Waals surface area (Å²) in [5.41, 5.74) is 3.09. The van der Waals surface area contributed by atoms with Gasteiger partial charge >= 0.3 is 12.2 Å². The van der Waals surface area contributed by atoms with E-state index in [1.165, 1.54) is 14.2 Å². The van der Waals surface area contributed by atoms with Crippen molar-refractivity contribution in [1.29, 1.82) is 0 Å². The minimum Gasteiger partial charge on any atom is -0.453 e. The lowest BCUT2D eigenvalue weighted by atomic mass is 10.0. The fourth-order valence-electron chi connectivity index (χ4n) is 7.60. The second kappa shape index (κ2) is 16.0. The number of imidazole rings is 2. The molecule has 4 amide bonds. The molecule has 5 heterocycles. The number of hydrogen-bond acceptors (Lipinski definition) is 10. The summed E-state index contributed by atoms with van der Waals surface area (Å²) >= 11 is 0. The van der Waals surface area contributed by atoms with Gasteiger partial charge in [0, 0.05) is 30.4 Å². The lowest BCUT2D eigenvalue weighted by Gasteiger charge is -2.30. The van der Waals surface area contributed by atoms with Crippen LogP contribution < -0.4 is 20.1 Å². The van der Waals surface area contributed by atoms with Crippen molar-refractivity contribution in [3.8, 4) is 45.5 Å². The molecule has 296 valence electrons. The average molecular weight is 769 g/mol. The number of aromatic amines is 2. The molecule has 2 aromatic carbocycles. The Morgan fingerprint density at radius 3 is 1.80 bits per heavy atom. The summed E-state index contributed by atoms with van der Waals surface area (Å²) in [6.07, 6.45) is 5.40. The van der Waals surface area contributed by atoms with Crippen molar-refractivity contribution >= 4 is 24.0 Å². The van der Waals surface area contributed by atoms with Crippen LogP contribution in [0, 0.1) is 11.8 Å². The maximum atomic E-state index is 13.6. The van der Waals surface area contributed by atoms with Crippen LogP contribution >= 0.6 is 0 Å². The number of nitrogens with one attached hydrogen (secondary N) is 4. The Hall–Kier alpha value is -6.06. The topological polar surface area (TPSA) is 193 Å². The van der Waals surface area contributed by atoms with Crippen molar-refractivity contribution in [2.24, 2.45) is 11.8 Å². The van der Waals surface area contributed by atoms with Crippen LogP contribution in [-0.4, -0.2) is 93.1 Å². The number of ether oxygens (including phenoxy) is 4. The molecule has 0 bridgehead atoms. The van der Waals surface area contributed by atoms with E-state index in [-0.39, 0.29) is 35.7 Å². The number of rotatable bonds is 10. The molecule has 3 aliphatic heterocycles. The summed E-state index contributed by atoms with van der Waals surface area (Å²) in [5, 5.41) is 5.37. The van der Waals surface area contributed by atoms with Crippen molar-refractivity contribution in [2.45, 2.75) is 77.5 Å². The Balaban J connectivity index is 1.03. The van der Waals surface area contributed by atoms with Crippen LogP contribution in [-0.2, 0) is 19.1 Å². The molecule has 1 unspecified atom stereocenters. The Morgan fingerprint density at radius 2 is 1.27 bits per heavy atom. The standard InChI is InChI=1S/C40H48N8O8/c1-21(2)33(45-39(51)53-5)37(49)47-15-7-9-27(47)35-41-19-25(43-35)23-11-13-29-31(17-23)55-30-14-12-24(18-32(30)56-29)26-20-42-36(44-26)28-10-8-16-48(28)38(50)34(22(3)4)46-40(52)54-6/h11-14,17-22,27-28,33-34H,7-10,15-16H2,1-6H3,(H,41,43)(H,42,44)(H,45,51)(H,46,52)/t27-,28-,33-,34?/m0/s1. The van der Waals surface area contributed by atoms with Crippen LogP contribution in [0.2, 0.25) is 0 Å². The van der Waals surface area contributed by atoms with Crippen LogP contribution in [0.15, 0.2) is 48.8 Å². The van der Waals surface area contributed by atoms with Gasteiger partial charge in [0.1, 0.15) is 23.7 Å². The molecule has 4 atom stereocenters. The third-order valence-corrected chi connectivity index (χ3v) is 10.6. The van der Waals surface area contributed by atoms with Crippen LogP contribution in [0.4, 0.5) is 9.59 Å². The number of carbonyl (C=O) groups excluding carboxylic acids is 4. The largest absolute Gasteiger partial charge is 0.453 e. The van der Waals surface area contributed by atoms with E-state index in [0.717, 1.165) is 42.5 Å². The summed E-state index contributed by atoms with van der Waals surface area (Å²) in [6.45, 7) is 8.67. The van der Waals surface area contributed by atoms with Gasteiger partial charge in [-0.3, -0.25) is 9.59 Å². The van der Waals surface area contributed by atoms with Gasteiger partial charge in [0.25, 0.3) is 0 Å². The van der Waals surface area contributed by atoms with Gasteiger partial charge in [-0.2, -0.15) is 0 Å². The first-order chi connectivity index (χ1) is 26.9. The highest BCUT2D eigenvalue weighted by Gasteiger charge is 2.39. The van der Waals surface area contributed by atoms with Gasteiger partial charge in [0.05, 0.1) is 43.9 Å². The molecule has 2 aromatic heterocycles. The Morgan fingerprint density at radius 1 is 0.750 bits per heavy atom. The fraction of sp³-hybridized carbons (Fsp3) is 0.450. The maximum absolute atomic E-state index is 13.6. The zero-order valence-corrected chi connectivity index (χ0v) is 32.4.